The van der Waals surface area contributed by atoms with Crippen LogP contribution in [0.4, 0.5) is 0 Å². The van der Waals surface area contributed by atoms with E-state index in [4.69, 9.17) is 4.74 Å². The van der Waals surface area contributed by atoms with E-state index in [0.29, 0.717) is 16.6 Å². The van der Waals surface area contributed by atoms with Gasteiger partial charge >= 0.3 is 0 Å². The number of methoxy groups -OCH3 is 1. The summed E-state index contributed by atoms with van der Waals surface area (Å²) in [7, 11) is 3.65. The molecule has 1 fully saturated rings. The molecule has 0 bridgehead atoms. The van der Waals surface area contributed by atoms with Crippen LogP contribution in [0, 0.1) is 0 Å². The molecule has 152 valence electrons. The summed E-state index contributed by atoms with van der Waals surface area (Å²) in [4.78, 5) is 17.1. The number of imidazole rings is 1. The number of amides is 1. The second-order valence-corrected chi connectivity index (χ2v) is 8.52. The van der Waals surface area contributed by atoms with Gasteiger partial charge in [-0.2, -0.15) is 5.10 Å². The molecule has 0 radical (unpaired) electrons. The van der Waals surface area contributed by atoms with Crippen LogP contribution in [0.5, 0.6) is 5.75 Å². The molecule has 1 amide bonds. The Hall–Kier alpha value is -2.74. The van der Waals surface area contributed by atoms with E-state index in [-0.39, 0.29) is 11.9 Å². The van der Waals surface area contributed by atoms with Crippen molar-refractivity contribution in [2.24, 2.45) is 7.05 Å². The van der Waals surface area contributed by atoms with Gasteiger partial charge in [-0.05, 0) is 43.9 Å². The van der Waals surface area contributed by atoms with E-state index in [2.05, 4.69) is 25.1 Å². The normalized spacial score (nSPS) is 19.1. The van der Waals surface area contributed by atoms with E-state index >= 15 is 0 Å². The van der Waals surface area contributed by atoms with E-state index < -0.39 is 0 Å². The lowest BCUT2D eigenvalue weighted by Crippen LogP contribution is -2.38. The predicted octanol–water partition coefficient (Wildman–Crippen LogP) is 3.65. The first-order valence-corrected chi connectivity index (χ1v) is 10.7. The lowest BCUT2D eigenvalue weighted by molar-refractivity contribution is 0.0923. The summed E-state index contributed by atoms with van der Waals surface area (Å²) in [6, 6.07) is 9.61. The fraction of sp³-hybridized carbons (Fsp3) is 0.381. The molecule has 0 spiro atoms. The van der Waals surface area contributed by atoms with Gasteiger partial charge in [0.15, 0.2) is 5.16 Å². The molecule has 0 atom stereocenters. The lowest BCUT2D eigenvalue weighted by atomic mass is 9.95. The van der Waals surface area contributed by atoms with Crippen molar-refractivity contribution in [2.45, 2.75) is 42.1 Å². The number of carbonyl (C=O) groups is 1. The zero-order valence-electron chi connectivity index (χ0n) is 16.6. The number of rotatable bonds is 6. The Morgan fingerprint density at radius 1 is 1.28 bits per heavy atom. The Kier molecular flexibility index (Phi) is 5.89. The predicted molar refractivity (Wildman–Crippen MR) is 113 cm³/mol. The molecule has 1 aliphatic carbocycles. The second kappa shape index (κ2) is 8.73. The summed E-state index contributed by atoms with van der Waals surface area (Å²) >= 11 is 1.83. The first kappa shape index (κ1) is 19.6. The van der Waals surface area contributed by atoms with Crippen molar-refractivity contribution in [3.05, 3.63) is 48.4 Å². The third-order valence-corrected chi connectivity index (χ3v) is 6.67. The molecule has 0 aliphatic heterocycles. The van der Waals surface area contributed by atoms with Crippen LogP contribution in [0.15, 0.2) is 47.9 Å². The highest BCUT2D eigenvalue weighted by Gasteiger charge is 2.25. The Balaban J connectivity index is 1.32. The Morgan fingerprint density at radius 3 is 2.79 bits per heavy atom. The van der Waals surface area contributed by atoms with Crippen molar-refractivity contribution in [1.29, 1.82) is 0 Å². The quantitative estimate of drug-likeness (QED) is 0.647. The van der Waals surface area contributed by atoms with Crippen LogP contribution >= 0.6 is 11.8 Å². The van der Waals surface area contributed by atoms with Crippen molar-refractivity contribution < 1.29 is 9.53 Å². The van der Waals surface area contributed by atoms with Crippen LogP contribution in [-0.4, -0.2) is 44.1 Å². The maximum absolute atomic E-state index is 12.7. The SMILES string of the molecule is COc1ccccc1-c1cc(C(=O)NC2CCC(Sc3nccn3C)CC2)[nH]n1. The van der Waals surface area contributed by atoms with Crippen LogP contribution in [-0.2, 0) is 7.05 Å². The van der Waals surface area contributed by atoms with Crippen molar-refractivity contribution in [2.75, 3.05) is 7.11 Å². The van der Waals surface area contributed by atoms with E-state index in [9.17, 15) is 4.79 Å². The molecule has 0 saturated heterocycles. The first-order valence-electron chi connectivity index (χ1n) is 9.77. The van der Waals surface area contributed by atoms with Crippen LogP contribution < -0.4 is 10.1 Å². The Morgan fingerprint density at radius 2 is 2.07 bits per heavy atom. The highest BCUT2D eigenvalue weighted by molar-refractivity contribution is 7.99. The van der Waals surface area contributed by atoms with Crippen LogP contribution in [0.1, 0.15) is 36.2 Å². The monoisotopic (exact) mass is 411 g/mol. The molecule has 2 aromatic heterocycles. The van der Waals surface area contributed by atoms with Crippen molar-refractivity contribution in [3.8, 4) is 17.0 Å². The highest BCUT2D eigenvalue weighted by atomic mass is 32.2. The summed E-state index contributed by atoms with van der Waals surface area (Å²) in [6.45, 7) is 0. The topological polar surface area (TPSA) is 84.8 Å². The van der Waals surface area contributed by atoms with Crippen LogP contribution in [0.3, 0.4) is 0 Å². The van der Waals surface area contributed by atoms with Gasteiger partial charge in [0.25, 0.3) is 5.91 Å². The fourth-order valence-electron chi connectivity index (χ4n) is 3.63. The van der Waals surface area contributed by atoms with Gasteiger partial charge in [0.05, 0.1) is 12.8 Å². The van der Waals surface area contributed by atoms with Gasteiger partial charge in [-0.1, -0.05) is 23.9 Å². The van der Waals surface area contributed by atoms with Crippen LogP contribution in [0.25, 0.3) is 11.3 Å². The molecule has 1 saturated carbocycles. The zero-order valence-corrected chi connectivity index (χ0v) is 17.4. The standard InChI is InChI=1S/C21H25N5O2S/c1-26-12-11-22-21(26)29-15-9-7-14(8-10-15)23-20(27)18-13-17(24-25-18)16-5-3-4-6-19(16)28-2/h3-6,11-15H,7-10H2,1-2H3,(H,23,27)(H,24,25). The summed E-state index contributed by atoms with van der Waals surface area (Å²) in [5.41, 5.74) is 2.02. The number of para-hydroxylation sites is 1. The van der Waals surface area contributed by atoms with E-state index in [1.54, 1.807) is 13.2 Å². The first-order chi connectivity index (χ1) is 14.1. The fourth-order valence-corrected chi connectivity index (χ4v) is 4.79. The van der Waals surface area contributed by atoms with E-state index in [1.165, 1.54) is 0 Å². The number of ether oxygens (including phenoxy) is 1. The molecule has 8 heteroatoms. The third kappa shape index (κ3) is 4.48. The van der Waals surface area contributed by atoms with Gasteiger partial charge in [0.1, 0.15) is 11.4 Å². The molecular weight excluding hydrogens is 386 g/mol. The van der Waals surface area contributed by atoms with Gasteiger partial charge in [-0.15, -0.1) is 0 Å². The molecule has 0 unspecified atom stereocenters. The molecule has 2 N–H and O–H groups in total. The average molecular weight is 412 g/mol. The molecule has 29 heavy (non-hydrogen) atoms. The van der Waals surface area contributed by atoms with Crippen molar-refractivity contribution in [3.63, 3.8) is 0 Å². The largest absolute Gasteiger partial charge is 0.496 e. The number of aromatic nitrogens is 4. The number of carbonyl (C=O) groups excluding carboxylic acids is 1. The number of nitrogens with zero attached hydrogens (tertiary/aromatic N) is 3. The summed E-state index contributed by atoms with van der Waals surface area (Å²) in [5, 5.41) is 11.9. The minimum absolute atomic E-state index is 0.112. The molecule has 1 aliphatic rings. The van der Waals surface area contributed by atoms with Crippen molar-refractivity contribution >= 4 is 17.7 Å². The number of thioether (sulfide) groups is 1. The van der Waals surface area contributed by atoms with Gasteiger partial charge < -0.3 is 14.6 Å². The number of hydrogen-bond acceptors (Lipinski definition) is 5. The van der Waals surface area contributed by atoms with E-state index in [0.717, 1.165) is 42.2 Å². The second-order valence-electron chi connectivity index (χ2n) is 7.25. The van der Waals surface area contributed by atoms with Gasteiger partial charge in [-0.25, -0.2) is 4.98 Å². The van der Waals surface area contributed by atoms with Gasteiger partial charge in [-0.3, -0.25) is 9.89 Å². The number of nitrogens with one attached hydrogen (secondary N) is 2. The number of H-pyrrole nitrogens is 1. The molecule has 4 rings (SSSR count). The van der Waals surface area contributed by atoms with E-state index in [1.807, 2.05) is 55.5 Å². The minimum atomic E-state index is -0.112. The van der Waals surface area contributed by atoms with Gasteiger partial charge in [0.2, 0.25) is 0 Å². The molecule has 3 aromatic rings. The lowest BCUT2D eigenvalue weighted by Gasteiger charge is -2.28. The summed E-state index contributed by atoms with van der Waals surface area (Å²) in [6.07, 6.45) is 7.88. The van der Waals surface area contributed by atoms with Crippen LogP contribution in [0.2, 0.25) is 0 Å². The Labute approximate surface area is 174 Å². The smallest absolute Gasteiger partial charge is 0.269 e. The molecular formula is C21H25N5O2S. The molecule has 7 nitrogen and oxygen atoms in total. The highest BCUT2D eigenvalue weighted by Crippen LogP contribution is 2.33. The maximum atomic E-state index is 12.7. The number of aromatic amines is 1. The average Bonchev–Trinajstić information content (AvgIpc) is 3.39. The number of benzene rings is 1. The third-order valence-electron chi connectivity index (χ3n) is 5.26. The van der Waals surface area contributed by atoms with Gasteiger partial charge in [0, 0.05) is 36.3 Å². The minimum Gasteiger partial charge on any atom is -0.496 e. The summed E-state index contributed by atoms with van der Waals surface area (Å²) < 4.78 is 7.44. The Bertz CT molecular complexity index is 975. The number of aryl methyl sites for hydroxylation is 1. The maximum Gasteiger partial charge on any atom is 0.269 e. The molecule has 1 aromatic carbocycles. The number of hydrogen-bond donors (Lipinski definition) is 2. The summed E-state index contributed by atoms with van der Waals surface area (Å²) in [5.74, 6) is 0.619. The zero-order chi connectivity index (χ0) is 20.2. The molecule has 2 heterocycles. The van der Waals surface area contributed by atoms with Crippen molar-refractivity contribution in [1.82, 2.24) is 25.1 Å².